The second-order valence-corrected chi connectivity index (χ2v) is 17.0. The van der Waals surface area contributed by atoms with Crippen LogP contribution in [0, 0.1) is 5.92 Å². The van der Waals surface area contributed by atoms with Gasteiger partial charge in [0.15, 0.2) is 0 Å². The summed E-state index contributed by atoms with van der Waals surface area (Å²) in [4.78, 5) is 90.8. The molecule has 19 heteroatoms. The summed E-state index contributed by atoms with van der Waals surface area (Å²) >= 11 is 0. The first kappa shape index (κ1) is 55.1. The van der Waals surface area contributed by atoms with Crippen LogP contribution >= 0.6 is 0 Å². The second-order valence-electron chi connectivity index (χ2n) is 17.0. The number of halogens is 3. The van der Waals surface area contributed by atoms with Crippen LogP contribution in [0.5, 0.6) is 5.75 Å². The first-order chi connectivity index (χ1) is 34.6. The van der Waals surface area contributed by atoms with Gasteiger partial charge < -0.3 is 48.3 Å². The van der Waals surface area contributed by atoms with Gasteiger partial charge in [-0.3, -0.25) is 28.8 Å². The molecule has 0 fully saturated rings. The largest absolute Gasteiger partial charge is 0.508 e. The fourth-order valence-electron chi connectivity index (χ4n) is 7.38. The first-order valence-corrected chi connectivity index (χ1v) is 22.7. The summed E-state index contributed by atoms with van der Waals surface area (Å²) in [6.07, 6.45) is -4.95. The van der Waals surface area contributed by atoms with Gasteiger partial charge >= 0.3 is 12.1 Å². The average molecular weight is 1000 g/mol. The topological polar surface area (TPSA) is 272 Å². The number of nitrogens with two attached hydrogens (primary N) is 2. The Hall–Kier alpha value is -8.84. The molecular weight excluding hydrogens is 948 g/mol. The molecule has 6 amide bonds. The van der Waals surface area contributed by atoms with E-state index < -0.39 is 65.8 Å². The molecule has 0 saturated carbocycles. The van der Waals surface area contributed by atoms with Crippen LogP contribution in [0.3, 0.4) is 0 Å². The molecule has 73 heavy (non-hydrogen) atoms. The monoisotopic (exact) mass is 1000 g/mol. The van der Waals surface area contributed by atoms with Gasteiger partial charge in [0.1, 0.15) is 23.9 Å². The van der Waals surface area contributed by atoms with Gasteiger partial charge in [0.25, 0.3) is 11.8 Å². The maximum atomic E-state index is 14.5. The number of hydrogen-bond donors (Lipinski definition) is 9. The minimum Gasteiger partial charge on any atom is -0.508 e. The van der Waals surface area contributed by atoms with Crippen molar-refractivity contribution in [1.82, 2.24) is 16.0 Å². The quantitative estimate of drug-likeness (QED) is 0.0446. The lowest BCUT2D eigenvalue weighted by Gasteiger charge is -2.24. The minimum atomic E-state index is -5.08. The molecular formula is C54H54F3N7O9. The number of phenols is 1. The van der Waals surface area contributed by atoms with Gasteiger partial charge in [-0.25, -0.2) is 4.79 Å². The van der Waals surface area contributed by atoms with E-state index in [0.717, 1.165) is 5.56 Å². The Morgan fingerprint density at radius 2 is 0.904 bits per heavy atom. The number of carbonyl (C=O) groups is 7. The van der Waals surface area contributed by atoms with Crippen LogP contribution in [-0.2, 0) is 36.8 Å². The molecule has 0 radical (unpaired) electrons. The van der Waals surface area contributed by atoms with E-state index >= 15 is 0 Å². The molecule has 6 aromatic carbocycles. The normalized spacial score (nSPS) is 12.6. The number of amides is 6. The van der Waals surface area contributed by atoms with Crippen molar-refractivity contribution in [1.29, 1.82) is 0 Å². The number of para-hydroxylation sites is 2. The molecule has 11 N–H and O–H groups in total. The number of carboxylic acid groups (broad SMARTS) is 1. The Labute approximate surface area is 418 Å². The zero-order valence-corrected chi connectivity index (χ0v) is 39.8. The number of carbonyl (C=O) groups excluding carboxylic acids is 6. The lowest BCUT2D eigenvalue weighted by atomic mass is 9.93. The van der Waals surface area contributed by atoms with Crippen molar-refractivity contribution in [3.8, 4) is 28.0 Å². The lowest BCUT2D eigenvalue weighted by Crippen LogP contribution is -2.55. The van der Waals surface area contributed by atoms with Gasteiger partial charge in [0.05, 0.1) is 6.04 Å². The maximum Gasteiger partial charge on any atom is 0.490 e. The summed E-state index contributed by atoms with van der Waals surface area (Å²) in [5.74, 6) is -6.57. The molecule has 0 saturated heterocycles. The van der Waals surface area contributed by atoms with Crippen molar-refractivity contribution < 1.29 is 56.9 Å². The summed E-state index contributed by atoms with van der Waals surface area (Å²) in [7, 11) is 0. The first-order valence-electron chi connectivity index (χ1n) is 22.7. The Morgan fingerprint density at radius 1 is 0.521 bits per heavy atom. The zero-order valence-electron chi connectivity index (χ0n) is 39.8. The van der Waals surface area contributed by atoms with Crippen LogP contribution < -0.4 is 38.1 Å². The third-order valence-corrected chi connectivity index (χ3v) is 11.1. The molecule has 380 valence electrons. The standard InChI is InChI=1S/C52H53N7O7.C2HF3O2/c1-31(2)46(47(54)61)59-52(66)45(30-34-25-27-35(60)28-26-34)58-50(64)41-22-10-8-18-37(41)36-17-7-9-21-40(36)49(63)57-44(29-33-15-5-4-6-16-33)51(65)56-43-24-14-12-20-39(43)38-19-11-13-23-42(38)55-48(62)32(3)53;3-2(4,5)1(6)7/h4-28,31-32,44-46,60H,29-30,53H2,1-3H3,(H2,54,61)(H,55,62)(H,56,65)(H,57,63)(H,58,64)(H,59,66);(H,6,7)/t32-,44-,45-,46-;/m0./s1. The summed E-state index contributed by atoms with van der Waals surface area (Å²) in [5, 5.41) is 31.3. The molecule has 0 aromatic heterocycles. The maximum absolute atomic E-state index is 14.5. The van der Waals surface area contributed by atoms with Crippen LogP contribution in [0.1, 0.15) is 52.6 Å². The number of aliphatic carboxylic acids is 1. The van der Waals surface area contributed by atoms with E-state index in [1.165, 1.54) is 12.1 Å². The number of hydrogen-bond acceptors (Lipinski definition) is 9. The van der Waals surface area contributed by atoms with E-state index in [1.807, 2.05) is 54.6 Å². The molecule has 0 unspecified atom stereocenters. The molecule has 0 spiro atoms. The van der Waals surface area contributed by atoms with Gasteiger partial charge in [-0.2, -0.15) is 13.2 Å². The Bertz CT molecular complexity index is 2930. The lowest BCUT2D eigenvalue weighted by molar-refractivity contribution is -0.192. The molecule has 0 aliphatic carbocycles. The van der Waals surface area contributed by atoms with Crippen molar-refractivity contribution in [2.75, 3.05) is 10.6 Å². The van der Waals surface area contributed by atoms with E-state index in [4.69, 9.17) is 21.4 Å². The second kappa shape index (κ2) is 25.3. The van der Waals surface area contributed by atoms with Gasteiger partial charge in [-0.1, -0.05) is 129 Å². The third kappa shape index (κ3) is 15.6. The van der Waals surface area contributed by atoms with Gasteiger partial charge in [-0.15, -0.1) is 0 Å². The van der Waals surface area contributed by atoms with Crippen LogP contribution in [-0.4, -0.2) is 82.0 Å². The van der Waals surface area contributed by atoms with Crippen molar-refractivity contribution in [3.05, 3.63) is 174 Å². The molecule has 6 rings (SSSR count). The zero-order chi connectivity index (χ0) is 53.4. The molecule has 0 heterocycles. The predicted molar refractivity (Wildman–Crippen MR) is 269 cm³/mol. The van der Waals surface area contributed by atoms with Crippen molar-refractivity contribution in [2.24, 2.45) is 17.4 Å². The number of alkyl halides is 3. The summed E-state index contributed by atoms with van der Waals surface area (Å²) in [6, 6.07) is 38.9. The highest BCUT2D eigenvalue weighted by atomic mass is 19.4. The highest BCUT2D eigenvalue weighted by Gasteiger charge is 2.38. The number of rotatable bonds is 18. The van der Waals surface area contributed by atoms with Crippen LogP contribution in [0.4, 0.5) is 24.5 Å². The van der Waals surface area contributed by atoms with E-state index in [2.05, 4.69) is 26.6 Å². The van der Waals surface area contributed by atoms with Crippen molar-refractivity contribution in [3.63, 3.8) is 0 Å². The molecule has 16 nitrogen and oxygen atoms in total. The third-order valence-electron chi connectivity index (χ3n) is 11.1. The molecule has 4 atom stereocenters. The van der Waals surface area contributed by atoms with Crippen LogP contribution in [0.2, 0.25) is 0 Å². The number of benzene rings is 6. The fourth-order valence-corrected chi connectivity index (χ4v) is 7.38. The summed E-state index contributed by atoms with van der Waals surface area (Å²) in [5.41, 5.74) is 16.1. The van der Waals surface area contributed by atoms with Gasteiger partial charge in [0, 0.05) is 46.5 Å². The molecule has 0 aliphatic rings. The number of primary amides is 1. The number of nitrogens with one attached hydrogen (secondary N) is 5. The number of carboxylic acids is 1. The summed E-state index contributed by atoms with van der Waals surface area (Å²) in [6.45, 7) is 5.05. The number of aromatic hydroxyl groups is 1. The highest BCUT2D eigenvalue weighted by molar-refractivity contribution is 6.09. The van der Waals surface area contributed by atoms with E-state index in [9.17, 15) is 47.0 Å². The van der Waals surface area contributed by atoms with E-state index in [-0.39, 0.29) is 41.5 Å². The van der Waals surface area contributed by atoms with Crippen molar-refractivity contribution in [2.45, 2.75) is 64.0 Å². The van der Waals surface area contributed by atoms with E-state index in [1.54, 1.807) is 106 Å². The summed E-state index contributed by atoms with van der Waals surface area (Å²) < 4.78 is 31.7. The van der Waals surface area contributed by atoms with Crippen LogP contribution in [0.25, 0.3) is 22.3 Å². The minimum absolute atomic E-state index is 0.00850. The Kier molecular flexibility index (Phi) is 19.1. The molecule has 0 aliphatic heterocycles. The SMILES string of the molecule is CC(C)[C@H](NC(=O)[C@H](Cc1ccc(O)cc1)NC(=O)c1ccccc1-c1ccccc1C(=O)N[C@@H](Cc1ccccc1)C(=O)Nc1ccccc1-c1ccccc1NC(=O)[C@H](C)N)C(N)=O.O=C(O)C(F)(F)F. The van der Waals surface area contributed by atoms with Gasteiger partial charge in [-0.05, 0) is 71.5 Å². The Balaban J connectivity index is 0.00000131. The van der Waals surface area contributed by atoms with Crippen LogP contribution in [0.15, 0.2) is 152 Å². The van der Waals surface area contributed by atoms with Gasteiger partial charge in [0.2, 0.25) is 23.6 Å². The Morgan fingerprint density at radius 3 is 1.33 bits per heavy atom. The number of anilines is 2. The van der Waals surface area contributed by atoms with Crippen molar-refractivity contribution >= 4 is 52.8 Å². The molecule has 0 bridgehead atoms. The predicted octanol–water partition coefficient (Wildman–Crippen LogP) is 6.59. The smallest absolute Gasteiger partial charge is 0.490 e. The fraction of sp³-hybridized carbons (Fsp3) is 0.204. The number of phenolic OH excluding ortho intramolecular Hbond substituents is 1. The highest BCUT2D eigenvalue weighted by Crippen LogP contribution is 2.34. The van der Waals surface area contributed by atoms with E-state index in [0.29, 0.717) is 39.2 Å². The average Bonchev–Trinajstić information content (AvgIpc) is 3.36. The molecule has 6 aromatic rings.